The summed E-state index contributed by atoms with van der Waals surface area (Å²) in [5, 5.41) is 0. The summed E-state index contributed by atoms with van der Waals surface area (Å²) in [6.07, 6.45) is 5.61. The number of ketones is 1. The molecule has 2 rings (SSSR count). The van der Waals surface area contributed by atoms with Crippen LogP contribution in [0.1, 0.15) is 19.4 Å². The van der Waals surface area contributed by atoms with E-state index in [0.29, 0.717) is 0 Å². The molecule has 0 N–H and O–H groups in total. The number of carbonyl (C=O) groups is 1. The lowest BCUT2D eigenvalue weighted by molar-refractivity contribution is -0.111. The molecular formula is C15H16O2. The average Bonchev–Trinajstić information content (AvgIpc) is 2.34. The molecule has 1 aliphatic carbocycles. The zero-order valence-corrected chi connectivity index (χ0v) is 10.4. The maximum absolute atomic E-state index is 11.4. The summed E-state index contributed by atoms with van der Waals surface area (Å²) in [5.41, 5.74) is 1.75. The van der Waals surface area contributed by atoms with Gasteiger partial charge in [-0.25, -0.2) is 0 Å². The highest BCUT2D eigenvalue weighted by molar-refractivity contribution is 6.05. The summed E-state index contributed by atoms with van der Waals surface area (Å²) in [5.74, 6) is 0.935. The Bertz CT molecular complexity index is 494. The van der Waals surface area contributed by atoms with Crippen LogP contribution in [0.25, 0.3) is 0 Å². The van der Waals surface area contributed by atoms with Gasteiger partial charge in [0.2, 0.25) is 0 Å². The third kappa shape index (κ3) is 2.16. The molecular weight excluding hydrogens is 212 g/mol. The zero-order chi connectivity index (χ0) is 12.5. The molecule has 0 aromatic heterocycles. The van der Waals surface area contributed by atoms with Gasteiger partial charge >= 0.3 is 0 Å². The Morgan fingerprint density at radius 1 is 1.18 bits per heavy atom. The topological polar surface area (TPSA) is 26.3 Å². The lowest BCUT2D eigenvalue weighted by atomic mass is 9.77. The van der Waals surface area contributed by atoms with E-state index in [0.717, 1.165) is 16.9 Å². The first-order valence-corrected chi connectivity index (χ1v) is 5.63. The fourth-order valence-corrected chi connectivity index (χ4v) is 2.08. The predicted molar refractivity (Wildman–Crippen MR) is 68.3 cm³/mol. The van der Waals surface area contributed by atoms with Crippen molar-refractivity contribution < 1.29 is 9.53 Å². The van der Waals surface area contributed by atoms with Crippen molar-refractivity contribution in [1.82, 2.24) is 0 Å². The van der Waals surface area contributed by atoms with Gasteiger partial charge in [0.1, 0.15) is 5.75 Å². The van der Waals surface area contributed by atoms with Crippen LogP contribution >= 0.6 is 0 Å². The normalized spacial score (nSPS) is 23.5. The van der Waals surface area contributed by atoms with Crippen LogP contribution in [0.5, 0.6) is 5.75 Å². The number of rotatable bonds is 2. The van der Waals surface area contributed by atoms with Gasteiger partial charge in [0.25, 0.3) is 0 Å². The number of ether oxygens (including phenoxy) is 1. The number of hydrogen-bond donors (Lipinski definition) is 0. The molecule has 1 unspecified atom stereocenters. The lowest BCUT2D eigenvalue weighted by Gasteiger charge is -2.26. The Morgan fingerprint density at radius 2 is 1.82 bits per heavy atom. The first kappa shape index (κ1) is 11.6. The van der Waals surface area contributed by atoms with Gasteiger partial charge in [0, 0.05) is 5.41 Å². The summed E-state index contributed by atoms with van der Waals surface area (Å²) in [6.45, 7) is 3.95. The molecule has 2 nitrogen and oxygen atoms in total. The number of benzene rings is 1. The van der Waals surface area contributed by atoms with Gasteiger partial charge in [0.05, 0.1) is 7.11 Å². The number of hydrogen-bond acceptors (Lipinski definition) is 2. The number of carbonyl (C=O) groups excluding carboxylic acids is 1. The van der Waals surface area contributed by atoms with Crippen molar-refractivity contribution in [2.45, 2.75) is 19.3 Å². The van der Waals surface area contributed by atoms with Crippen LogP contribution < -0.4 is 4.74 Å². The highest BCUT2D eigenvalue weighted by atomic mass is 16.5. The van der Waals surface area contributed by atoms with Gasteiger partial charge in [-0.1, -0.05) is 24.3 Å². The molecule has 1 atom stereocenters. The van der Waals surface area contributed by atoms with Crippen LogP contribution in [0.4, 0.5) is 0 Å². The minimum atomic E-state index is -0.204. The van der Waals surface area contributed by atoms with Gasteiger partial charge in [-0.15, -0.1) is 0 Å². The SMILES string of the molecule is COc1ccc(C2(C)C=CC(=O)C(C)=C2)cc1. The molecule has 1 aromatic carbocycles. The second kappa shape index (κ2) is 4.21. The molecule has 1 aromatic rings. The van der Waals surface area contributed by atoms with E-state index in [9.17, 15) is 4.79 Å². The summed E-state index contributed by atoms with van der Waals surface area (Å²) in [4.78, 5) is 11.4. The van der Waals surface area contributed by atoms with Gasteiger partial charge in [-0.05, 0) is 43.2 Å². The summed E-state index contributed by atoms with van der Waals surface area (Å²) in [6, 6.07) is 7.94. The molecule has 0 heterocycles. The van der Waals surface area contributed by atoms with Crippen molar-refractivity contribution in [3.05, 3.63) is 53.6 Å². The standard InChI is InChI=1S/C15H16O2/c1-11-10-15(2,9-8-14(11)16)12-4-6-13(17-3)7-5-12/h4-10H,1-3H3. The molecule has 0 saturated heterocycles. The van der Waals surface area contributed by atoms with E-state index in [1.165, 1.54) is 0 Å². The maximum atomic E-state index is 11.4. The van der Waals surface area contributed by atoms with E-state index in [1.54, 1.807) is 13.2 Å². The van der Waals surface area contributed by atoms with Gasteiger partial charge in [-0.3, -0.25) is 4.79 Å². The Hall–Kier alpha value is -1.83. The molecule has 88 valence electrons. The summed E-state index contributed by atoms with van der Waals surface area (Å²) in [7, 11) is 1.65. The van der Waals surface area contributed by atoms with Crippen molar-refractivity contribution in [1.29, 1.82) is 0 Å². The molecule has 17 heavy (non-hydrogen) atoms. The maximum Gasteiger partial charge on any atom is 0.180 e. The van der Waals surface area contributed by atoms with Crippen molar-refractivity contribution >= 4 is 5.78 Å². The number of methoxy groups -OCH3 is 1. The molecule has 0 aliphatic heterocycles. The van der Waals surface area contributed by atoms with Crippen molar-refractivity contribution in [2.75, 3.05) is 7.11 Å². The van der Waals surface area contributed by atoms with E-state index >= 15 is 0 Å². The van der Waals surface area contributed by atoms with E-state index in [-0.39, 0.29) is 11.2 Å². The van der Waals surface area contributed by atoms with Gasteiger partial charge in [0.15, 0.2) is 5.78 Å². The van der Waals surface area contributed by atoms with E-state index < -0.39 is 0 Å². The third-order valence-corrected chi connectivity index (χ3v) is 3.20. The van der Waals surface area contributed by atoms with E-state index in [2.05, 4.69) is 6.92 Å². The average molecular weight is 228 g/mol. The van der Waals surface area contributed by atoms with Gasteiger partial charge < -0.3 is 4.74 Å². The summed E-state index contributed by atoms with van der Waals surface area (Å²) >= 11 is 0. The second-order valence-corrected chi connectivity index (χ2v) is 4.54. The quantitative estimate of drug-likeness (QED) is 0.777. The van der Waals surface area contributed by atoms with E-state index in [4.69, 9.17) is 4.74 Å². The van der Waals surface area contributed by atoms with Crippen LogP contribution in [0.15, 0.2) is 48.1 Å². The molecule has 0 spiro atoms. The number of allylic oxidation sites excluding steroid dienone is 4. The van der Waals surface area contributed by atoms with Crippen molar-refractivity contribution in [2.24, 2.45) is 0 Å². The molecule has 0 bridgehead atoms. The van der Waals surface area contributed by atoms with Crippen LogP contribution in [-0.2, 0) is 10.2 Å². The minimum Gasteiger partial charge on any atom is -0.497 e. The van der Waals surface area contributed by atoms with E-state index in [1.807, 2.05) is 43.3 Å². The first-order valence-electron chi connectivity index (χ1n) is 5.63. The molecule has 0 radical (unpaired) electrons. The molecule has 0 amide bonds. The monoisotopic (exact) mass is 228 g/mol. The molecule has 1 aliphatic rings. The highest BCUT2D eigenvalue weighted by Crippen LogP contribution is 2.32. The van der Waals surface area contributed by atoms with Crippen LogP contribution in [0.2, 0.25) is 0 Å². The Labute approximate surface area is 102 Å². The predicted octanol–water partition coefficient (Wildman–Crippen LogP) is 3.04. The Balaban J connectivity index is 2.38. The van der Waals surface area contributed by atoms with Crippen molar-refractivity contribution in [3.8, 4) is 5.75 Å². The third-order valence-electron chi connectivity index (χ3n) is 3.20. The summed E-state index contributed by atoms with van der Waals surface area (Å²) < 4.78 is 5.14. The smallest absolute Gasteiger partial charge is 0.180 e. The Kier molecular flexibility index (Phi) is 2.88. The molecule has 0 saturated carbocycles. The second-order valence-electron chi connectivity index (χ2n) is 4.54. The van der Waals surface area contributed by atoms with Crippen LogP contribution in [-0.4, -0.2) is 12.9 Å². The van der Waals surface area contributed by atoms with Crippen LogP contribution in [0.3, 0.4) is 0 Å². The first-order chi connectivity index (χ1) is 8.05. The Morgan fingerprint density at radius 3 is 2.35 bits per heavy atom. The highest BCUT2D eigenvalue weighted by Gasteiger charge is 2.25. The minimum absolute atomic E-state index is 0.0935. The fraction of sp³-hybridized carbons (Fsp3) is 0.267. The lowest BCUT2D eigenvalue weighted by Crippen LogP contribution is -2.21. The zero-order valence-electron chi connectivity index (χ0n) is 10.4. The molecule has 2 heteroatoms. The fourth-order valence-electron chi connectivity index (χ4n) is 2.08. The van der Waals surface area contributed by atoms with Crippen LogP contribution in [0, 0.1) is 0 Å². The van der Waals surface area contributed by atoms with Gasteiger partial charge in [-0.2, -0.15) is 0 Å². The molecule has 0 fully saturated rings. The largest absolute Gasteiger partial charge is 0.497 e. The van der Waals surface area contributed by atoms with Crippen molar-refractivity contribution in [3.63, 3.8) is 0 Å².